The van der Waals surface area contributed by atoms with Crippen LogP contribution in [-0.2, 0) is 10.9 Å². The predicted molar refractivity (Wildman–Crippen MR) is 61.6 cm³/mol. The molecule has 0 radical (unpaired) electrons. The minimum atomic E-state index is -4.38. The molecule has 0 amide bonds. The van der Waals surface area contributed by atoms with Crippen LogP contribution in [0.3, 0.4) is 0 Å². The van der Waals surface area contributed by atoms with E-state index >= 15 is 0 Å². The highest BCUT2D eigenvalue weighted by atomic mass is 19.4. The molecule has 94 valence electrons. The van der Waals surface area contributed by atoms with Crippen molar-refractivity contribution >= 4 is 13.3 Å². The summed E-state index contributed by atoms with van der Waals surface area (Å²) in [5.41, 5.74) is 0.000239. The first kappa shape index (κ1) is 13.9. The average molecular weight is 246 g/mol. The standard InChI is InChI=1S/C11H14BF3O2/c1-16-5-2-6-17-10-7-8(12)3-4-9(10)11(13,14)15/h3-4,7H,2,5-6,12H2,1H3. The number of alkyl halides is 3. The second-order valence-electron chi connectivity index (χ2n) is 3.69. The van der Waals surface area contributed by atoms with Gasteiger partial charge in [0.15, 0.2) is 0 Å². The number of ether oxygens (including phenoxy) is 2. The molecule has 0 saturated heterocycles. The lowest BCUT2D eigenvalue weighted by Crippen LogP contribution is -2.13. The summed E-state index contributed by atoms with van der Waals surface area (Å²) < 4.78 is 47.9. The van der Waals surface area contributed by atoms with E-state index in [1.165, 1.54) is 19.2 Å². The maximum Gasteiger partial charge on any atom is 0.419 e. The van der Waals surface area contributed by atoms with Gasteiger partial charge in [-0.25, -0.2) is 0 Å². The number of methoxy groups -OCH3 is 1. The van der Waals surface area contributed by atoms with Gasteiger partial charge in [0.25, 0.3) is 0 Å². The lowest BCUT2D eigenvalue weighted by atomic mass is 9.94. The van der Waals surface area contributed by atoms with E-state index in [4.69, 9.17) is 9.47 Å². The van der Waals surface area contributed by atoms with E-state index in [2.05, 4.69) is 0 Å². The maximum absolute atomic E-state index is 12.7. The second-order valence-corrected chi connectivity index (χ2v) is 3.69. The molecule has 1 aromatic rings. The van der Waals surface area contributed by atoms with Gasteiger partial charge in [0.1, 0.15) is 13.6 Å². The van der Waals surface area contributed by atoms with E-state index in [0.717, 1.165) is 11.5 Å². The van der Waals surface area contributed by atoms with Crippen molar-refractivity contribution < 1.29 is 22.6 Å². The largest absolute Gasteiger partial charge is 0.493 e. The summed E-state index contributed by atoms with van der Waals surface area (Å²) in [6, 6.07) is 3.86. The first-order valence-corrected chi connectivity index (χ1v) is 5.24. The van der Waals surface area contributed by atoms with Gasteiger partial charge in [-0.05, 0) is 12.1 Å². The minimum Gasteiger partial charge on any atom is -0.493 e. The van der Waals surface area contributed by atoms with Gasteiger partial charge >= 0.3 is 6.18 Å². The quantitative estimate of drug-likeness (QED) is 0.577. The second kappa shape index (κ2) is 5.96. The fraction of sp³-hybridized carbons (Fsp3) is 0.455. The van der Waals surface area contributed by atoms with Crippen LogP contribution in [0, 0.1) is 0 Å². The Balaban J connectivity index is 2.77. The molecule has 2 nitrogen and oxygen atoms in total. The van der Waals surface area contributed by atoms with Crippen LogP contribution in [0.1, 0.15) is 12.0 Å². The van der Waals surface area contributed by atoms with Crippen molar-refractivity contribution in [2.75, 3.05) is 20.3 Å². The molecular weight excluding hydrogens is 232 g/mol. The van der Waals surface area contributed by atoms with Gasteiger partial charge < -0.3 is 9.47 Å². The number of hydrogen-bond donors (Lipinski definition) is 0. The molecule has 0 spiro atoms. The van der Waals surface area contributed by atoms with E-state index < -0.39 is 11.7 Å². The Hall–Kier alpha value is -1.17. The van der Waals surface area contributed by atoms with Crippen LogP contribution in [0.15, 0.2) is 18.2 Å². The van der Waals surface area contributed by atoms with Crippen molar-refractivity contribution in [3.63, 3.8) is 0 Å². The van der Waals surface area contributed by atoms with Crippen LogP contribution in [0.4, 0.5) is 13.2 Å². The van der Waals surface area contributed by atoms with Crippen LogP contribution < -0.4 is 10.2 Å². The predicted octanol–water partition coefficient (Wildman–Crippen LogP) is 1.38. The molecule has 0 saturated carbocycles. The Morgan fingerprint density at radius 1 is 1.24 bits per heavy atom. The molecule has 0 aromatic heterocycles. The molecule has 17 heavy (non-hydrogen) atoms. The topological polar surface area (TPSA) is 18.5 Å². The van der Waals surface area contributed by atoms with E-state index in [0.29, 0.717) is 13.0 Å². The van der Waals surface area contributed by atoms with E-state index in [-0.39, 0.29) is 12.4 Å². The van der Waals surface area contributed by atoms with Crippen LogP contribution in [0.25, 0.3) is 0 Å². The van der Waals surface area contributed by atoms with Crippen molar-refractivity contribution in [2.45, 2.75) is 12.6 Å². The first-order chi connectivity index (χ1) is 7.95. The van der Waals surface area contributed by atoms with Crippen molar-refractivity contribution in [2.24, 2.45) is 0 Å². The van der Waals surface area contributed by atoms with Gasteiger partial charge in [-0.15, -0.1) is 0 Å². The molecule has 6 heteroatoms. The van der Waals surface area contributed by atoms with Crippen LogP contribution in [-0.4, -0.2) is 28.2 Å². The summed E-state index contributed by atoms with van der Waals surface area (Å²) in [4.78, 5) is 0. The number of hydrogen-bond acceptors (Lipinski definition) is 2. The minimum absolute atomic E-state index is 0.117. The monoisotopic (exact) mass is 246 g/mol. The summed E-state index contributed by atoms with van der Waals surface area (Å²) in [5.74, 6) is -0.117. The lowest BCUT2D eigenvalue weighted by Gasteiger charge is -2.14. The molecule has 0 fully saturated rings. The Bertz CT molecular complexity index is 366. The molecule has 0 atom stereocenters. The number of benzene rings is 1. The third-order valence-electron chi connectivity index (χ3n) is 2.19. The fourth-order valence-corrected chi connectivity index (χ4v) is 1.37. The van der Waals surface area contributed by atoms with Crippen molar-refractivity contribution in [3.8, 4) is 5.75 Å². The normalized spacial score (nSPS) is 11.5. The molecule has 0 heterocycles. The fourth-order valence-electron chi connectivity index (χ4n) is 1.37. The van der Waals surface area contributed by atoms with Crippen LogP contribution >= 0.6 is 0 Å². The molecule has 0 N–H and O–H groups in total. The lowest BCUT2D eigenvalue weighted by molar-refractivity contribution is -0.138. The highest BCUT2D eigenvalue weighted by Gasteiger charge is 2.34. The average Bonchev–Trinajstić information content (AvgIpc) is 2.23. The van der Waals surface area contributed by atoms with Crippen molar-refractivity contribution in [3.05, 3.63) is 23.8 Å². The molecule has 0 aliphatic carbocycles. The zero-order valence-electron chi connectivity index (χ0n) is 9.80. The zero-order chi connectivity index (χ0) is 12.9. The number of halogens is 3. The van der Waals surface area contributed by atoms with Gasteiger partial charge in [0.05, 0.1) is 12.2 Å². The van der Waals surface area contributed by atoms with Crippen LogP contribution in [0.2, 0.25) is 0 Å². The highest BCUT2D eigenvalue weighted by molar-refractivity contribution is 6.32. The smallest absolute Gasteiger partial charge is 0.419 e. The Kier molecular flexibility index (Phi) is 4.87. The van der Waals surface area contributed by atoms with E-state index in [1.54, 1.807) is 7.85 Å². The third-order valence-corrected chi connectivity index (χ3v) is 2.19. The first-order valence-electron chi connectivity index (χ1n) is 5.24. The summed E-state index contributed by atoms with van der Waals surface area (Å²) in [7, 11) is 3.26. The Labute approximate surface area is 99.1 Å². The van der Waals surface area contributed by atoms with Gasteiger partial charge in [-0.1, -0.05) is 11.5 Å². The Morgan fingerprint density at radius 3 is 2.53 bits per heavy atom. The molecule has 1 rings (SSSR count). The zero-order valence-corrected chi connectivity index (χ0v) is 9.80. The molecule has 1 aromatic carbocycles. The summed E-state index contributed by atoms with van der Waals surface area (Å²) >= 11 is 0. The summed E-state index contributed by atoms with van der Waals surface area (Å²) in [6.45, 7) is 0.674. The molecule has 0 unspecified atom stereocenters. The van der Waals surface area contributed by atoms with Crippen molar-refractivity contribution in [1.82, 2.24) is 0 Å². The van der Waals surface area contributed by atoms with Gasteiger partial charge in [-0.3, -0.25) is 0 Å². The third kappa shape index (κ3) is 4.30. The summed E-state index contributed by atoms with van der Waals surface area (Å²) in [5, 5.41) is 0. The van der Waals surface area contributed by atoms with E-state index in [9.17, 15) is 13.2 Å². The molecule has 0 aliphatic rings. The van der Waals surface area contributed by atoms with Crippen molar-refractivity contribution in [1.29, 1.82) is 0 Å². The number of rotatable bonds is 5. The molecule has 0 aliphatic heterocycles. The van der Waals surface area contributed by atoms with Gasteiger partial charge in [-0.2, -0.15) is 13.2 Å². The Morgan fingerprint density at radius 2 is 1.94 bits per heavy atom. The van der Waals surface area contributed by atoms with Gasteiger partial charge in [0, 0.05) is 20.1 Å². The summed E-state index contributed by atoms with van der Waals surface area (Å²) in [6.07, 6.45) is -3.83. The van der Waals surface area contributed by atoms with Gasteiger partial charge in [0.2, 0.25) is 0 Å². The SMILES string of the molecule is Bc1ccc(C(F)(F)F)c(OCCCOC)c1. The molecular formula is C11H14BF3O2. The highest BCUT2D eigenvalue weighted by Crippen LogP contribution is 2.35. The van der Waals surface area contributed by atoms with Crippen LogP contribution in [0.5, 0.6) is 5.75 Å². The maximum atomic E-state index is 12.7. The van der Waals surface area contributed by atoms with E-state index in [1.807, 2.05) is 0 Å². The molecule has 0 bridgehead atoms.